The molecule has 2 atom stereocenters. The predicted octanol–water partition coefficient (Wildman–Crippen LogP) is 5.69. The minimum absolute atomic E-state index is 0.0636. The first-order valence-corrected chi connectivity index (χ1v) is 11.3. The molecule has 9 heteroatoms. The van der Waals surface area contributed by atoms with Crippen LogP contribution in [0.15, 0.2) is 66.9 Å². The lowest BCUT2D eigenvalue weighted by molar-refractivity contribution is -0.132. The Balaban J connectivity index is 1.66. The normalized spacial score (nSPS) is 13.3. The molecule has 1 heterocycles. The predicted molar refractivity (Wildman–Crippen MR) is 130 cm³/mol. The van der Waals surface area contributed by atoms with Gasteiger partial charge in [0.05, 0.1) is 30.6 Å². The van der Waals surface area contributed by atoms with E-state index < -0.39 is 29.5 Å². The SMILES string of the molecule is COc1ccc([C@@H](Oc2ccc3c(cnn3-c3ccc(F)cc3)c2)[C@H](C)NC(=O)C(C)(C)F)cc1F. The molecule has 0 saturated carbocycles. The van der Waals surface area contributed by atoms with Gasteiger partial charge < -0.3 is 14.8 Å². The van der Waals surface area contributed by atoms with Crippen molar-refractivity contribution in [3.63, 3.8) is 0 Å². The van der Waals surface area contributed by atoms with E-state index in [4.69, 9.17) is 9.47 Å². The van der Waals surface area contributed by atoms with Crippen molar-refractivity contribution in [2.45, 2.75) is 38.6 Å². The van der Waals surface area contributed by atoms with Crippen molar-refractivity contribution < 1.29 is 27.4 Å². The molecular formula is C27H26F3N3O3. The lowest BCUT2D eigenvalue weighted by atomic mass is 10.0. The summed E-state index contributed by atoms with van der Waals surface area (Å²) in [6.45, 7) is 3.97. The number of nitrogens with zero attached hydrogens (tertiary/aromatic N) is 2. The molecule has 188 valence electrons. The highest BCUT2D eigenvalue weighted by Crippen LogP contribution is 2.31. The third-order valence-electron chi connectivity index (χ3n) is 5.73. The van der Waals surface area contributed by atoms with Gasteiger partial charge in [0.1, 0.15) is 17.7 Å². The average Bonchev–Trinajstić information content (AvgIpc) is 3.25. The van der Waals surface area contributed by atoms with Gasteiger partial charge in [0.25, 0.3) is 5.91 Å². The molecule has 0 aliphatic heterocycles. The third kappa shape index (κ3) is 5.30. The smallest absolute Gasteiger partial charge is 0.257 e. The van der Waals surface area contributed by atoms with Gasteiger partial charge in [-0.2, -0.15) is 5.10 Å². The van der Waals surface area contributed by atoms with E-state index in [-0.39, 0.29) is 11.6 Å². The molecule has 1 aromatic heterocycles. The Morgan fingerprint density at radius 1 is 1.06 bits per heavy atom. The summed E-state index contributed by atoms with van der Waals surface area (Å²) in [6.07, 6.45) is 0.797. The molecule has 4 rings (SSSR count). The summed E-state index contributed by atoms with van der Waals surface area (Å²) in [5.41, 5.74) is -0.212. The van der Waals surface area contributed by atoms with Gasteiger partial charge >= 0.3 is 0 Å². The van der Waals surface area contributed by atoms with Crippen LogP contribution in [0.2, 0.25) is 0 Å². The topological polar surface area (TPSA) is 65.4 Å². The minimum Gasteiger partial charge on any atom is -0.494 e. The molecule has 36 heavy (non-hydrogen) atoms. The zero-order chi connectivity index (χ0) is 26.0. The number of amides is 1. The molecule has 0 aliphatic carbocycles. The lowest BCUT2D eigenvalue weighted by Crippen LogP contribution is -2.46. The van der Waals surface area contributed by atoms with Crippen LogP contribution in [0.3, 0.4) is 0 Å². The summed E-state index contributed by atoms with van der Waals surface area (Å²) in [4.78, 5) is 12.3. The van der Waals surface area contributed by atoms with Crippen molar-refractivity contribution >= 4 is 16.8 Å². The molecule has 0 bridgehead atoms. The molecule has 3 aromatic carbocycles. The van der Waals surface area contributed by atoms with Crippen LogP contribution in [0.1, 0.15) is 32.4 Å². The lowest BCUT2D eigenvalue weighted by Gasteiger charge is -2.28. The Kier molecular flexibility index (Phi) is 6.92. The molecule has 0 saturated heterocycles. The Morgan fingerprint density at radius 3 is 2.42 bits per heavy atom. The third-order valence-corrected chi connectivity index (χ3v) is 5.73. The van der Waals surface area contributed by atoms with Gasteiger partial charge in [0.15, 0.2) is 17.2 Å². The minimum atomic E-state index is -2.10. The number of benzene rings is 3. The number of alkyl halides is 1. The van der Waals surface area contributed by atoms with Gasteiger partial charge in [-0.05, 0) is 80.9 Å². The average molecular weight is 498 g/mol. The second-order valence-electron chi connectivity index (χ2n) is 8.92. The van der Waals surface area contributed by atoms with Gasteiger partial charge in [0, 0.05) is 5.39 Å². The Hall–Kier alpha value is -4.01. The molecule has 6 nitrogen and oxygen atoms in total. The number of ether oxygens (including phenoxy) is 2. The number of aromatic nitrogens is 2. The van der Waals surface area contributed by atoms with Gasteiger partial charge in [-0.3, -0.25) is 4.79 Å². The molecule has 0 unspecified atom stereocenters. The number of halogens is 3. The first kappa shape index (κ1) is 25.1. The van der Waals surface area contributed by atoms with E-state index in [0.29, 0.717) is 17.0 Å². The monoisotopic (exact) mass is 497 g/mol. The van der Waals surface area contributed by atoms with Crippen molar-refractivity contribution in [1.82, 2.24) is 15.1 Å². The summed E-state index contributed by atoms with van der Waals surface area (Å²) in [5, 5.41) is 7.74. The molecule has 0 aliphatic rings. The standard InChI is InChI=1S/C27H26F3N3O3/c1-16(32-26(34)27(2,3)30)25(17-5-12-24(35-4)22(29)14-17)36-21-10-11-23-18(13-21)15-31-33(23)20-8-6-19(28)7-9-20/h5-16,25H,1-4H3,(H,32,34)/t16-,25-/m0/s1. The first-order chi connectivity index (χ1) is 17.1. The highest BCUT2D eigenvalue weighted by molar-refractivity contribution is 5.84. The van der Waals surface area contributed by atoms with Crippen LogP contribution in [0.4, 0.5) is 13.2 Å². The van der Waals surface area contributed by atoms with Crippen molar-refractivity contribution in [2.75, 3.05) is 7.11 Å². The molecule has 1 amide bonds. The fourth-order valence-electron chi connectivity index (χ4n) is 3.79. The van der Waals surface area contributed by atoms with Gasteiger partial charge in [0.2, 0.25) is 0 Å². The fraction of sp³-hybridized carbons (Fsp3) is 0.259. The van der Waals surface area contributed by atoms with Crippen molar-refractivity contribution in [3.8, 4) is 17.2 Å². The number of fused-ring (bicyclic) bond motifs is 1. The number of methoxy groups -OCH3 is 1. The van der Waals surface area contributed by atoms with E-state index in [2.05, 4.69) is 10.4 Å². The van der Waals surface area contributed by atoms with Crippen LogP contribution in [0.25, 0.3) is 16.6 Å². The number of carbonyl (C=O) groups excluding carboxylic acids is 1. The molecular weight excluding hydrogens is 471 g/mol. The van der Waals surface area contributed by atoms with Crippen molar-refractivity contribution in [1.29, 1.82) is 0 Å². The summed E-state index contributed by atoms with van der Waals surface area (Å²) >= 11 is 0. The van der Waals surface area contributed by atoms with E-state index >= 15 is 0 Å². The van der Waals surface area contributed by atoms with E-state index in [1.54, 1.807) is 54.2 Å². The van der Waals surface area contributed by atoms with Crippen LogP contribution in [0, 0.1) is 11.6 Å². The van der Waals surface area contributed by atoms with Crippen LogP contribution >= 0.6 is 0 Å². The largest absolute Gasteiger partial charge is 0.494 e. The highest BCUT2D eigenvalue weighted by Gasteiger charge is 2.31. The van der Waals surface area contributed by atoms with E-state index in [1.165, 1.54) is 31.4 Å². The molecule has 0 spiro atoms. The van der Waals surface area contributed by atoms with Gasteiger partial charge in [-0.25, -0.2) is 17.9 Å². The summed E-state index contributed by atoms with van der Waals surface area (Å²) in [5.74, 6) is -1.25. The summed E-state index contributed by atoms with van der Waals surface area (Å²) in [6, 6.07) is 14.9. The summed E-state index contributed by atoms with van der Waals surface area (Å²) < 4.78 is 54.9. The van der Waals surface area contributed by atoms with Crippen LogP contribution < -0.4 is 14.8 Å². The second-order valence-corrected chi connectivity index (χ2v) is 8.92. The number of nitrogens with one attached hydrogen (secondary N) is 1. The first-order valence-electron chi connectivity index (χ1n) is 11.3. The number of hydrogen-bond acceptors (Lipinski definition) is 4. The summed E-state index contributed by atoms with van der Waals surface area (Å²) in [7, 11) is 1.36. The van der Waals surface area contributed by atoms with Crippen LogP contribution in [-0.4, -0.2) is 34.5 Å². The Morgan fingerprint density at radius 2 is 1.78 bits per heavy atom. The fourth-order valence-corrected chi connectivity index (χ4v) is 3.79. The number of carbonyl (C=O) groups is 1. The van der Waals surface area contributed by atoms with Crippen molar-refractivity contribution in [2.24, 2.45) is 0 Å². The van der Waals surface area contributed by atoms with E-state index in [0.717, 1.165) is 24.8 Å². The number of hydrogen-bond donors (Lipinski definition) is 1. The molecule has 0 radical (unpaired) electrons. The maximum absolute atomic E-state index is 14.5. The van der Waals surface area contributed by atoms with Crippen molar-refractivity contribution in [3.05, 3.63) is 84.1 Å². The molecule has 4 aromatic rings. The molecule has 0 fully saturated rings. The second kappa shape index (κ2) is 9.93. The van der Waals surface area contributed by atoms with Gasteiger partial charge in [-0.15, -0.1) is 0 Å². The zero-order valence-electron chi connectivity index (χ0n) is 20.3. The van der Waals surface area contributed by atoms with E-state index in [9.17, 15) is 18.0 Å². The van der Waals surface area contributed by atoms with Crippen LogP contribution in [0.5, 0.6) is 11.5 Å². The molecule has 1 N–H and O–H groups in total. The Labute approximate surface area is 206 Å². The van der Waals surface area contributed by atoms with Gasteiger partial charge in [-0.1, -0.05) is 6.07 Å². The highest BCUT2D eigenvalue weighted by atomic mass is 19.1. The zero-order valence-corrected chi connectivity index (χ0v) is 20.3. The quantitative estimate of drug-likeness (QED) is 0.340. The Bertz CT molecular complexity index is 1380. The maximum atomic E-state index is 14.5. The number of rotatable bonds is 8. The van der Waals surface area contributed by atoms with Crippen LogP contribution in [-0.2, 0) is 4.79 Å². The van der Waals surface area contributed by atoms with E-state index in [1.807, 2.05) is 0 Å². The maximum Gasteiger partial charge on any atom is 0.257 e.